The Morgan fingerprint density at radius 2 is 1.69 bits per heavy atom. The van der Waals surface area contributed by atoms with Crippen molar-refractivity contribution in [2.24, 2.45) is 5.84 Å². The van der Waals surface area contributed by atoms with Gasteiger partial charge in [0.15, 0.2) is 5.82 Å². The Bertz CT molecular complexity index is 1100. The first kappa shape index (κ1) is 19.7. The average molecular weight is 397 g/mol. The Morgan fingerprint density at radius 1 is 1.10 bits per heavy atom. The van der Waals surface area contributed by atoms with Crippen LogP contribution in [0.15, 0.2) is 41.2 Å². The summed E-state index contributed by atoms with van der Waals surface area (Å²) in [5, 5.41) is 9.09. The number of benzene rings is 2. The van der Waals surface area contributed by atoms with E-state index in [2.05, 4.69) is 15.4 Å². The molecule has 2 aromatic carbocycles. The fourth-order valence-corrected chi connectivity index (χ4v) is 2.84. The Balaban J connectivity index is 2.18. The van der Waals surface area contributed by atoms with Gasteiger partial charge in [0, 0.05) is 5.56 Å². The van der Waals surface area contributed by atoms with Gasteiger partial charge in [0.25, 0.3) is 5.56 Å². The first-order valence-electron chi connectivity index (χ1n) is 8.36. The summed E-state index contributed by atoms with van der Waals surface area (Å²) >= 11 is 0. The van der Waals surface area contributed by atoms with Crippen LogP contribution >= 0.6 is 0 Å². The lowest BCUT2D eigenvalue weighted by atomic mass is 9.99. The topological polar surface area (TPSA) is 166 Å². The van der Waals surface area contributed by atoms with Crippen LogP contribution in [0.3, 0.4) is 0 Å². The van der Waals surface area contributed by atoms with E-state index in [0.717, 1.165) is 0 Å². The van der Waals surface area contributed by atoms with Crippen LogP contribution in [0.25, 0.3) is 22.5 Å². The summed E-state index contributed by atoms with van der Waals surface area (Å²) in [6.07, 6.45) is 0. The number of hydrogen-bond donors (Lipinski definition) is 5. The van der Waals surface area contributed by atoms with Crippen molar-refractivity contribution in [1.29, 1.82) is 0 Å². The number of carbonyl (C=O) groups is 1. The average Bonchev–Trinajstić information content (AvgIpc) is 2.74. The number of anilines is 2. The van der Waals surface area contributed by atoms with Gasteiger partial charge in [-0.2, -0.15) is 0 Å². The van der Waals surface area contributed by atoms with E-state index in [1.807, 2.05) is 0 Å². The van der Waals surface area contributed by atoms with Gasteiger partial charge in [-0.1, -0.05) is 12.1 Å². The number of hydrazine groups is 1. The molecule has 0 aliphatic heterocycles. The van der Waals surface area contributed by atoms with Gasteiger partial charge in [0.2, 0.25) is 0 Å². The molecule has 3 rings (SSSR count). The number of rotatable bonds is 6. The molecule has 0 amide bonds. The zero-order chi connectivity index (χ0) is 21.1. The number of aromatic amines is 1. The predicted molar refractivity (Wildman–Crippen MR) is 108 cm³/mol. The maximum absolute atomic E-state index is 12.1. The van der Waals surface area contributed by atoms with Crippen LogP contribution in [0.5, 0.6) is 11.5 Å². The zero-order valence-corrected chi connectivity index (χ0v) is 15.6. The second kappa shape index (κ2) is 7.90. The number of nitrogens with zero attached hydrogens (tertiary/aromatic N) is 1. The molecule has 0 saturated carbocycles. The van der Waals surface area contributed by atoms with E-state index >= 15 is 0 Å². The van der Waals surface area contributed by atoms with E-state index in [9.17, 15) is 9.59 Å². The molecule has 0 fully saturated rings. The van der Waals surface area contributed by atoms with Crippen molar-refractivity contribution in [2.45, 2.75) is 0 Å². The molecule has 0 spiro atoms. The van der Waals surface area contributed by atoms with Crippen LogP contribution in [-0.4, -0.2) is 35.3 Å². The summed E-state index contributed by atoms with van der Waals surface area (Å²) in [6.45, 7) is 0. The Hall–Kier alpha value is -4.05. The van der Waals surface area contributed by atoms with E-state index in [1.165, 1.54) is 26.4 Å². The minimum atomic E-state index is -1.02. The standard InChI is InChI=1S/C19H19N5O5/c1-28-12-7-11(16-22-17(24-21)15(20)18(25)23-16)8-13(29-2)14(12)9-3-5-10(6-4-9)19(26)27/h3-8H,20-21H2,1-2H3,(H,26,27)(H2,22,23,24,25). The van der Waals surface area contributed by atoms with Gasteiger partial charge in [-0.3, -0.25) is 4.79 Å². The van der Waals surface area contributed by atoms with Crippen LogP contribution in [-0.2, 0) is 0 Å². The molecule has 10 heteroatoms. The van der Waals surface area contributed by atoms with Crippen molar-refractivity contribution in [3.8, 4) is 34.0 Å². The number of nitrogens with two attached hydrogens (primary N) is 2. The maximum atomic E-state index is 12.1. The molecule has 0 atom stereocenters. The predicted octanol–water partition coefficient (Wildman–Crippen LogP) is 1.69. The van der Waals surface area contributed by atoms with Gasteiger partial charge in [-0.25, -0.2) is 15.6 Å². The minimum Gasteiger partial charge on any atom is -0.496 e. The first-order chi connectivity index (χ1) is 13.9. The van der Waals surface area contributed by atoms with E-state index in [4.69, 9.17) is 26.2 Å². The van der Waals surface area contributed by atoms with Gasteiger partial charge >= 0.3 is 5.97 Å². The molecule has 1 heterocycles. The molecule has 10 nitrogen and oxygen atoms in total. The molecule has 0 aliphatic rings. The Labute approximate surface area is 165 Å². The quantitative estimate of drug-likeness (QED) is 0.307. The summed E-state index contributed by atoms with van der Waals surface area (Å²) in [5.74, 6) is 5.47. The normalized spacial score (nSPS) is 10.4. The number of carboxylic acids is 1. The van der Waals surface area contributed by atoms with Gasteiger partial charge in [0.1, 0.15) is 23.0 Å². The van der Waals surface area contributed by atoms with Crippen molar-refractivity contribution in [3.05, 3.63) is 52.3 Å². The molecule has 1 aromatic heterocycles. The highest BCUT2D eigenvalue weighted by Gasteiger charge is 2.18. The summed E-state index contributed by atoms with van der Waals surface area (Å²) in [6, 6.07) is 9.62. The van der Waals surface area contributed by atoms with Crippen LogP contribution in [0.4, 0.5) is 11.5 Å². The minimum absolute atomic E-state index is 0.0371. The number of aromatic carboxylic acids is 1. The van der Waals surface area contributed by atoms with Crippen molar-refractivity contribution in [3.63, 3.8) is 0 Å². The third-order valence-electron chi connectivity index (χ3n) is 4.29. The van der Waals surface area contributed by atoms with Crippen LogP contribution < -0.4 is 32.0 Å². The number of nitrogens with one attached hydrogen (secondary N) is 2. The smallest absolute Gasteiger partial charge is 0.335 e. The van der Waals surface area contributed by atoms with Crippen LogP contribution in [0, 0.1) is 0 Å². The summed E-state index contributed by atoms with van der Waals surface area (Å²) in [7, 11) is 2.97. The van der Waals surface area contributed by atoms with Crippen LogP contribution in [0.2, 0.25) is 0 Å². The number of H-pyrrole nitrogens is 1. The van der Waals surface area contributed by atoms with Gasteiger partial charge in [-0.05, 0) is 29.8 Å². The second-order valence-electron chi connectivity index (χ2n) is 5.96. The lowest BCUT2D eigenvalue weighted by Gasteiger charge is -2.16. The molecule has 0 radical (unpaired) electrons. The largest absolute Gasteiger partial charge is 0.496 e. The summed E-state index contributed by atoms with van der Waals surface area (Å²) < 4.78 is 11.0. The van der Waals surface area contributed by atoms with E-state index in [1.54, 1.807) is 24.3 Å². The Kier molecular flexibility index (Phi) is 5.37. The highest BCUT2D eigenvalue weighted by atomic mass is 16.5. The fourth-order valence-electron chi connectivity index (χ4n) is 2.84. The fraction of sp³-hybridized carbons (Fsp3) is 0.105. The summed E-state index contributed by atoms with van der Waals surface area (Å²) in [5.41, 5.74) is 9.22. The highest BCUT2D eigenvalue weighted by molar-refractivity contribution is 5.89. The van der Waals surface area contributed by atoms with Crippen molar-refractivity contribution in [2.75, 3.05) is 25.4 Å². The molecule has 0 aliphatic carbocycles. The molecular formula is C19H19N5O5. The lowest BCUT2D eigenvalue weighted by molar-refractivity contribution is 0.0697. The molecule has 0 unspecified atom stereocenters. The van der Waals surface area contributed by atoms with E-state index in [-0.39, 0.29) is 22.9 Å². The van der Waals surface area contributed by atoms with Gasteiger partial charge in [-0.15, -0.1) is 0 Å². The third-order valence-corrected chi connectivity index (χ3v) is 4.29. The molecular weight excluding hydrogens is 378 g/mol. The second-order valence-corrected chi connectivity index (χ2v) is 5.96. The van der Waals surface area contributed by atoms with Gasteiger partial charge in [0.05, 0.1) is 25.3 Å². The monoisotopic (exact) mass is 397 g/mol. The molecule has 0 bridgehead atoms. The first-order valence-corrected chi connectivity index (χ1v) is 8.36. The molecule has 7 N–H and O–H groups in total. The van der Waals surface area contributed by atoms with Crippen molar-refractivity contribution in [1.82, 2.24) is 9.97 Å². The highest BCUT2D eigenvalue weighted by Crippen LogP contribution is 2.41. The maximum Gasteiger partial charge on any atom is 0.335 e. The van der Waals surface area contributed by atoms with E-state index < -0.39 is 11.5 Å². The SMILES string of the molecule is COc1cc(-c2nc(NN)c(N)c(=O)[nH]2)cc(OC)c1-c1ccc(C(=O)O)cc1. The number of ether oxygens (including phenoxy) is 2. The lowest BCUT2D eigenvalue weighted by Crippen LogP contribution is -2.20. The van der Waals surface area contributed by atoms with E-state index in [0.29, 0.717) is 28.2 Å². The van der Waals surface area contributed by atoms with Crippen molar-refractivity contribution >= 4 is 17.5 Å². The summed E-state index contributed by atoms with van der Waals surface area (Å²) in [4.78, 5) is 29.9. The van der Waals surface area contributed by atoms with Crippen molar-refractivity contribution < 1.29 is 19.4 Å². The number of aromatic nitrogens is 2. The number of hydrogen-bond acceptors (Lipinski definition) is 8. The zero-order valence-electron chi connectivity index (χ0n) is 15.6. The van der Waals surface area contributed by atoms with Crippen LogP contribution in [0.1, 0.15) is 10.4 Å². The Morgan fingerprint density at radius 3 is 2.17 bits per heavy atom. The number of methoxy groups -OCH3 is 2. The molecule has 0 saturated heterocycles. The van der Waals surface area contributed by atoms with Gasteiger partial charge < -0.3 is 30.7 Å². The number of nitrogen functional groups attached to an aromatic ring is 2. The molecule has 150 valence electrons. The third kappa shape index (κ3) is 3.69. The molecule has 3 aromatic rings. The number of carboxylic acid groups (broad SMARTS) is 1. The molecule has 29 heavy (non-hydrogen) atoms.